The highest BCUT2D eigenvalue weighted by atomic mass is 32.2. The lowest BCUT2D eigenvalue weighted by molar-refractivity contribution is -0.118. The van der Waals surface area contributed by atoms with Gasteiger partial charge < -0.3 is 11.1 Å². The summed E-state index contributed by atoms with van der Waals surface area (Å²) in [6.07, 6.45) is 0.161. The number of amides is 1. The van der Waals surface area contributed by atoms with Crippen molar-refractivity contribution in [3.05, 3.63) is 0 Å². The second-order valence-corrected chi connectivity index (χ2v) is 6.34. The highest BCUT2D eigenvalue weighted by Gasteiger charge is 2.24. The predicted octanol–water partition coefficient (Wildman–Crippen LogP) is -0.832. The zero-order chi connectivity index (χ0) is 12.8. The molecule has 1 amide bonds. The molecule has 0 unspecified atom stereocenters. The van der Waals surface area contributed by atoms with Gasteiger partial charge in [0.15, 0.2) is 9.84 Å². The lowest BCUT2D eigenvalue weighted by Crippen LogP contribution is -2.42. The van der Waals surface area contributed by atoms with Crippen LogP contribution in [0.4, 0.5) is 0 Å². The van der Waals surface area contributed by atoms with Gasteiger partial charge in [-0.15, -0.1) is 0 Å². The van der Waals surface area contributed by atoms with Crippen molar-refractivity contribution in [2.24, 2.45) is 5.73 Å². The minimum atomic E-state index is -3.50. The third-order valence-electron chi connectivity index (χ3n) is 1.50. The molecule has 0 aliphatic carbocycles. The molecule has 0 heterocycles. The maximum Gasteiger partial charge on any atom is 0.235 e. The van der Waals surface area contributed by atoms with Crippen LogP contribution in [0.1, 0.15) is 20.3 Å². The standard InChI is InChI=1S/C9H17N3O3S/c1-9(2,11)7-16(14,15)6-8(13)12-5-3-4-10/h3,5-7,11H2,1-2H3,(H,12,13). The molecule has 0 aliphatic rings. The summed E-state index contributed by atoms with van der Waals surface area (Å²) in [6, 6.07) is 1.84. The van der Waals surface area contributed by atoms with Crippen LogP contribution < -0.4 is 11.1 Å². The Bertz CT molecular complexity index is 376. The van der Waals surface area contributed by atoms with Crippen LogP contribution in [-0.2, 0) is 14.6 Å². The number of hydrogen-bond donors (Lipinski definition) is 2. The van der Waals surface area contributed by atoms with Crippen molar-refractivity contribution in [1.29, 1.82) is 5.26 Å². The summed E-state index contributed by atoms with van der Waals surface area (Å²) < 4.78 is 23.0. The van der Waals surface area contributed by atoms with Gasteiger partial charge in [-0.2, -0.15) is 5.26 Å². The summed E-state index contributed by atoms with van der Waals surface area (Å²) in [5, 5.41) is 10.6. The van der Waals surface area contributed by atoms with Gasteiger partial charge in [0.05, 0.1) is 18.2 Å². The summed E-state index contributed by atoms with van der Waals surface area (Å²) in [4.78, 5) is 11.2. The number of sulfone groups is 1. The molecule has 16 heavy (non-hydrogen) atoms. The molecule has 0 saturated heterocycles. The van der Waals surface area contributed by atoms with E-state index >= 15 is 0 Å². The molecule has 7 heteroatoms. The molecule has 0 aromatic heterocycles. The first-order chi connectivity index (χ1) is 7.16. The number of rotatable bonds is 6. The van der Waals surface area contributed by atoms with Gasteiger partial charge in [0, 0.05) is 12.1 Å². The van der Waals surface area contributed by atoms with E-state index < -0.39 is 27.0 Å². The lowest BCUT2D eigenvalue weighted by atomic mass is 10.1. The Hall–Kier alpha value is -1.13. The monoisotopic (exact) mass is 247 g/mol. The molecule has 0 aromatic carbocycles. The first kappa shape index (κ1) is 14.9. The molecule has 6 nitrogen and oxygen atoms in total. The lowest BCUT2D eigenvalue weighted by Gasteiger charge is -2.17. The molecule has 0 atom stereocenters. The molecular weight excluding hydrogens is 230 g/mol. The van der Waals surface area contributed by atoms with Crippen LogP contribution in [0.3, 0.4) is 0 Å². The van der Waals surface area contributed by atoms with Gasteiger partial charge in [0.2, 0.25) is 5.91 Å². The molecule has 92 valence electrons. The SMILES string of the molecule is CC(C)(N)CS(=O)(=O)CC(=O)NCCC#N. The maximum atomic E-state index is 11.5. The molecule has 0 bridgehead atoms. The maximum absolute atomic E-state index is 11.5. The van der Waals surface area contributed by atoms with Crippen molar-refractivity contribution in [2.45, 2.75) is 25.8 Å². The van der Waals surface area contributed by atoms with E-state index in [0.717, 1.165) is 0 Å². The van der Waals surface area contributed by atoms with Gasteiger partial charge in [-0.1, -0.05) is 0 Å². The van der Waals surface area contributed by atoms with Crippen LogP contribution in [0.2, 0.25) is 0 Å². The fourth-order valence-electron chi connectivity index (χ4n) is 1.13. The Kier molecular flexibility index (Phi) is 5.41. The van der Waals surface area contributed by atoms with Crippen molar-refractivity contribution in [2.75, 3.05) is 18.1 Å². The Morgan fingerprint density at radius 1 is 1.50 bits per heavy atom. The summed E-state index contributed by atoms with van der Waals surface area (Å²) in [5.41, 5.74) is 4.71. The van der Waals surface area contributed by atoms with E-state index in [0.29, 0.717) is 0 Å². The first-order valence-corrected chi connectivity index (χ1v) is 6.61. The van der Waals surface area contributed by atoms with E-state index in [1.807, 2.05) is 6.07 Å². The van der Waals surface area contributed by atoms with E-state index in [1.54, 1.807) is 13.8 Å². The molecule has 0 aliphatic heterocycles. The number of hydrogen-bond acceptors (Lipinski definition) is 5. The number of nitriles is 1. The fourth-order valence-corrected chi connectivity index (χ4v) is 2.86. The first-order valence-electron chi connectivity index (χ1n) is 4.79. The molecule has 0 rings (SSSR count). The van der Waals surface area contributed by atoms with Crippen LogP contribution in [-0.4, -0.2) is 37.9 Å². The van der Waals surface area contributed by atoms with Crippen molar-refractivity contribution in [3.63, 3.8) is 0 Å². The third kappa shape index (κ3) is 8.20. The Morgan fingerprint density at radius 3 is 2.50 bits per heavy atom. The number of nitrogens with one attached hydrogen (secondary N) is 1. The number of nitrogens with two attached hydrogens (primary N) is 1. The second kappa shape index (κ2) is 5.82. The van der Waals surface area contributed by atoms with Gasteiger partial charge in [-0.3, -0.25) is 4.79 Å². The Morgan fingerprint density at radius 2 is 2.06 bits per heavy atom. The topological polar surface area (TPSA) is 113 Å². The number of nitrogens with zero attached hydrogens (tertiary/aromatic N) is 1. The largest absolute Gasteiger partial charge is 0.354 e. The van der Waals surface area contributed by atoms with Crippen molar-refractivity contribution >= 4 is 15.7 Å². The van der Waals surface area contributed by atoms with E-state index in [9.17, 15) is 13.2 Å². The highest BCUT2D eigenvalue weighted by Crippen LogP contribution is 2.03. The number of carbonyl (C=O) groups is 1. The van der Waals surface area contributed by atoms with Crippen molar-refractivity contribution < 1.29 is 13.2 Å². The zero-order valence-corrected chi connectivity index (χ0v) is 10.3. The molecule has 0 saturated carbocycles. The second-order valence-electron chi connectivity index (χ2n) is 4.28. The number of carbonyl (C=O) groups excluding carboxylic acids is 1. The van der Waals surface area contributed by atoms with E-state index in [1.165, 1.54) is 0 Å². The molecular formula is C9H17N3O3S. The van der Waals surface area contributed by atoms with Gasteiger partial charge >= 0.3 is 0 Å². The highest BCUT2D eigenvalue weighted by molar-refractivity contribution is 7.92. The zero-order valence-electron chi connectivity index (χ0n) is 9.49. The smallest absolute Gasteiger partial charge is 0.235 e. The van der Waals surface area contributed by atoms with Crippen LogP contribution in [0.5, 0.6) is 0 Å². The Balaban J connectivity index is 4.18. The average Bonchev–Trinajstić information content (AvgIpc) is 1.98. The van der Waals surface area contributed by atoms with E-state index in [-0.39, 0.29) is 18.7 Å². The molecule has 0 aromatic rings. The van der Waals surface area contributed by atoms with Crippen molar-refractivity contribution in [3.8, 4) is 6.07 Å². The average molecular weight is 247 g/mol. The van der Waals surface area contributed by atoms with Crippen LogP contribution in [0.15, 0.2) is 0 Å². The minimum absolute atomic E-state index is 0.161. The fraction of sp³-hybridized carbons (Fsp3) is 0.778. The third-order valence-corrected chi connectivity index (χ3v) is 3.39. The van der Waals surface area contributed by atoms with E-state index in [2.05, 4.69) is 5.32 Å². The molecule has 0 spiro atoms. The van der Waals surface area contributed by atoms with Crippen molar-refractivity contribution in [1.82, 2.24) is 5.32 Å². The molecule has 0 radical (unpaired) electrons. The summed E-state index contributed by atoms with van der Waals surface area (Å²) in [6.45, 7) is 3.33. The predicted molar refractivity (Wildman–Crippen MR) is 60.2 cm³/mol. The Labute approximate surface area is 95.7 Å². The normalized spacial score (nSPS) is 11.9. The molecule has 3 N–H and O–H groups in total. The summed E-state index contributed by atoms with van der Waals surface area (Å²) in [5.74, 6) is -1.43. The summed E-state index contributed by atoms with van der Waals surface area (Å²) in [7, 11) is -3.50. The minimum Gasteiger partial charge on any atom is -0.354 e. The molecule has 0 fully saturated rings. The van der Waals surface area contributed by atoms with Gasteiger partial charge in [-0.05, 0) is 13.8 Å². The van der Waals surface area contributed by atoms with Crippen LogP contribution in [0.25, 0.3) is 0 Å². The van der Waals surface area contributed by atoms with Gasteiger partial charge in [0.25, 0.3) is 0 Å². The quantitative estimate of drug-likeness (QED) is 0.595. The summed E-state index contributed by atoms with van der Waals surface area (Å²) >= 11 is 0. The van der Waals surface area contributed by atoms with Gasteiger partial charge in [0.1, 0.15) is 5.75 Å². The van der Waals surface area contributed by atoms with Crippen LogP contribution in [0, 0.1) is 11.3 Å². The van der Waals surface area contributed by atoms with Gasteiger partial charge in [-0.25, -0.2) is 8.42 Å². The van der Waals surface area contributed by atoms with E-state index in [4.69, 9.17) is 11.0 Å². The van der Waals surface area contributed by atoms with Crippen LogP contribution >= 0.6 is 0 Å².